The minimum absolute atomic E-state index is 0.0685. The Morgan fingerprint density at radius 3 is 2.54 bits per heavy atom. The average Bonchev–Trinajstić information content (AvgIpc) is 3.05. The van der Waals surface area contributed by atoms with Gasteiger partial charge < -0.3 is 9.73 Å². The Morgan fingerprint density at radius 1 is 1.19 bits per heavy atom. The highest BCUT2D eigenvalue weighted by Gasteiger charge is 2.19. The number of furan rings is 1. The average molecular weight is 378 g/mol. The van der Waals surface area contributed by atoms with Crippen LogP contribution >= 0.6 is 0 Å². The van der Waals surface area contributed by atoms with Crippen molar-refractivity contribution in [3.63, 3.8) is 0 Å². The molecule has 1 heterocycles. The van der Waals surface area contributed by atoms with Gasteiger partial charge in [-0.25, -0.2) is 13.1 Å². The van der Waals surface area contributed by atoms with Crippen LogP contribution in [0.15, 0.2) is 45.9 Å². The van der Waals surface area contributed by atoms with Gasteiger partial charge in [0.2, 0.25) is 10.0 Å². The number of aryl methyl sites for hydroxylation is 2. The molecular formula is C19H26N2O4S. The molecule has 2 aromatic rings. The number of carbonyl (C=O) groups is 1. The van der Waals surface area contributed by atoms with Crippen LogP contribution in [0.2, 0.25) is 0 Å². The second kappa shape index (κ2) is 8.51. The molecule has 0 saturated heterocycles. The molecule has 6 nitrogen and oxygen atoms in total. The van der Waals surface area contributed by atoms with Gasteiger partial charge in [-0.3, -0.25) is 4.79 Å². The highest BCUT2D eigenvalue weighted by molar-refractivity contribution is 7.89. The summed E-state index contributed by atoms with van der Waals surface area (Å²) in [6, 6.07) is 8.03. The van der Waals surface area contributed by atoms with Gasteiger partial charge in [-0.1, -0.05) is 6.07 Å². The summed E-state index contributed by atoms with van der Waals surface area (Å²) in [5.41, 5.74) is 1.09. The van der Waals surface area contributed by atoms with Crippen LogP contribution in [0, 0.1) is 6.92 Å². The minimum atomic E-state index is -3.64. The lowest BCUT2D eigenvalue weighted by Crippen LogP contribution is -2.34. The first-order valence-corrected chi connectivity index (χ1v) is 10.1. The van der Waals surface area contributed by atoms with Gasteiger partial charge in [0.05, 0.1) is 11.2 Å². The fraction of sp³-hybridized carbons (Fsp3) is 0.421. The van der Waals surface area contributed by atoms with Gasteiger partial charge in [0, 0.05) is 24.1 Å². The Kier molecular flexibility index (Phi) is 6.61. The molecule has 2 rings (SSSR count). The van der Waals surface area contributed by atoms with Crippen LogP contribution in [0.25, 0.3) is 0 Å². The molecule has 0 aliphatic carbocycles. The summed E-state index contributed by atoms with van der Waals surface area (Å²) in [5.74, 6) is 0.589. The number of rotatable bonds is 8. The van der Waals surface area contributed by atoms with Gasteiger partial charge in [-0.2, -0.15) is 0 Å². The van der Waals surface area contributed by atoms with Crippen LogP contribution in [0.1, 0.15) is 48.9 Å². The van der Waals surface area contributed by atoms with Crippen LogP contribution < -0.4 is 10.0 Å². The van der Waals surface area contributed by atoms with Crippen molar-refractivity contribution in [2.75, 3.05) is 0 Å². The molecule has 0 saturated carbocycles. The number of carbonyl (C=O) groups excluding carboxylic acids is 1. The van der Waals surface area contributed by atoms with E-state index >= 15 is 0 Å². The Balaban J connectivity index is 2.09. The topological polar surface area (TPSA) is 88.4 Å². The van der Waals surface area contributed by atoms with Crippen molar-refractivity contribution in [2.24, 2.45) is 0 Å². The summed E-state index contributed by atoms with van der Waals surface area (Å²) in [6.45, 7) is 7.20. The van der Waals surface area contributed by atoms with Crippen LogP contribution in [0.5, 0.6) is 0 Å². The Labute approximate surface area is 155 Å². The van der Waals surface area contributed by atoms with Crippen molar-refractivity contribution < 1.29 is 17.6 Å². The first-order chi connectivity index (χ1) is 12.2. The van der Waals surface area contributed by atoms with Crippen LogP contribution in [0.3, 0.4) is 0 Å². The number of hydrogen-bond donors (Lipinski definition) is 2. The first-order valence-electron chi connectivity index (χ1n) is 8.65. The van der Waals surface area contributed by atoms with Gasteiger partial charge in [-0.15, -0.1) is 0 Å². The first kappa shape index (κ1) is 20.2. The van der Waals surface area contributed by atoms with Crippen molar-refractivity contribution in [3.05, 3.63) is 53.5 Å². The molecule has 7 heteroatoms. The normalized spacial score (nSPS) is 13.0. The number of sulfonamides is 1. The van der Waals surface area contributed by atoms with E-state index in [0.717, 1.165) is 24.2 Å². The zero-order chi connectivity index (χ0) is 19.3. The highest BCUT2D eigenvalue weighted by Crippen LogP contribution is 2.17. The van der Waals surface area contributed by atoms with Crippen molar-refractivity contribution in [1.82, 2.24) is 10.0 Å². The Hall–Kier alpha value is -2.12. The fourth-order valence-electron chi connectivity index (χ4n) is 2.58. The maximum absolute atomic E-state index is 12.6. The SMILES string of the molecule is Cc1ccc(S(=O)(=O)NC(C)C)cc1C(=O)NC(C)CCc1ccco1. The van der Waals surface area contributed by atoms with E-state index in [1.54, 1.807) is 33.1 Å². The predicted octanol–water partition coefficient (Wildman–Crippen LogP) is 3.03. The van der Waals surface area contributed by atoms with E-state index < -0.39 is 10.0 Å². The molecule has 0 fully saturated rings. The molecule has 1 atom stereocenters. The second-order valence-electron chi connectivity index (χ2n) is 6.75. The summed E-state index contributed by atoms with van der Waals surface area (Å²) in [4.78, 5) is 12.7. The molecule has 0 bridgehead atoms. The molecule has 1 unspecified atom stereocenters. The van der Waals surface area contributed by atoms with Gasteiger partial charge in [0.25, 0.3) is 5.91 Å². The largest absolute Gasteiger partial charge is 0.469 e. The van der Waals surface area contributed by atoms with Gasteiger partial charge in [0.15, 0.2) is 0 Å². The molecule has 26 heavy (non-hydrogen) atoms. The zero-order valence-electron chi connectivity index (χ0n) is 15.6. The third-order valence-electron chi connectivity index (χ3n) is 3.94. The van der Waals surface area contributed by atoms with E-state index in [9.17, 15) is 13.2 Å². The Morgan fingerprint density at radius 2 is 1.92 bits per heavy atom. The molecule has 0 spiro atoms. The number of hydrogen-bond acceptors (Lipinski definition) is 4. The van der Waals surface area contributed by atoms with Gasteiger partial charge >= 0.3 is 0 Å². The minimum Gasteiger partial charge on any atom is -0.469 e. The quantitative estimate of drug-likeness (QED) is 0.739. The fourth-order valence-corrected chi connectivity index (χ4v) is 3.86. The number of benzene rings is 1. The molecule has 1 amide bonds. The maximum atomic E-state index is 12.6. The third kappa shape index (κ3) is 5.44. The molecular weight excluding hydrogens is 352 g/mol. The van der Waals surface area contributed by atoms with Gasteiger partial charge in [-0.05, 0) is 63.9 Å². The summed E-state index contributed by atoms with van der Waals surface area (Å²) in [5, 5.41) is 2.92. The lowest BCUT2D eigenvalue weighted by atomic mass is 10.1. The molecule has 1 aromatic carbocycles. The monoisotopic (exact) mass is 378 g/mol. The standard InChI is InChI=1S/C19H26N2O4S/c1-13(2)21-26(23,24)17-10-7-14(3)18(12-17)19(22)20-15(4)8-9-16-6-5-11-25-16/h5-7,10-13,15,21H,8-9H2,1-4H3,(H,20,22). The molecule has 0 aliphatic rings. The van der Waals surface area contributed by atoms with Crippen LogP contribution in [-0.4, -0.2) is 26.4 Å². The second-order valence-corrected chi connectivity index (χ2v) is 8.46. The Bertz CT molecular complexity index is 842. The summed E-state index contributed by atoms with van der Waals surface area (Å²) >= 11 is 0. The van der Waals surface area contributed by atoms with E-state index in [1.165, 1.54) is 12.1 Å². The molecule has 142 valence electrons. The maximum Gasteiger partial charge on any atom is 0.251 e. The van der Waals surface area contributed by atoms with Crippen molar-refractivity contribution in [1.29, 1.82) is 0 Å². The van der Waals surface area contributed by atoms with E-state index in [4.69, 9.17) is 4.42 Å². The van der Waals surface area contributed by atoms with Crippen LogP contribution in [-0.2, 0) is 16.4 Å². The summed E-state index contributed by atoms with van der Waals surface area (Å²) in [6.07, 6.45) is 3.07. The van der Waals surface area contributed by atoms with E-state index in [1.807, 2.05) is 19.1 Å². The molecule has 1 aromatic heterocycles. The number of nitrogens with one attached hydrogen (secondary N) is 2. The highest BCUT2D eigenvalue weighted by atomic mass is 32.2. The third-order valence-corrected chi connectivity index (χ3v) is 5.59. The lowest BCUT2D eigenvalue weighted by Gasteiger charge is -2.16. The summed E-state index contributed by atoms with van der Waals surface area (Å²) in [7, 11) is -3.64. The molecule has 2 N–H and O–H groups in total. The van der Waals surface area contributed by atoms with E-state index in [0.29, 0.717) is 5.56 Å². The lowest BCUT2D eigenvalue weighted by molar-refractivity contribution is 0.0937. The number of amides is 1. The van der Waals surface area contributed by atoms with Gasteiger partial charge in [0.1, 0.15) is 5.76 Å². The van der Waals surface area contributed by atoms with Crippen molar-refractivity contribution >= 4 is 15.9 Å². The van der Waals surface area contributed by atoms with Crippen LogP contribution in [0.4, 0.5) is 0 Å². The molecule has 0 radical (unpaired) electrons. The smallest absolute Gasteiger partial charge is 0.251 e. The van der Waals surface area contributed by atoms with Crippen molar-refractivity contribution in [2.45, 2.75) is 57.5 Å². The zero-order valence-corrected chi connectivity index (χ0v) is 16.4. The van der Waals surface area contributed by atoms with E-state index in [-0.39, 0.29) is 22.9 Å². The summed E-state index contributed by atoms with van der Waals surface area (Å²) < 4.78 is 32.5. The molecule has 0 aliphatic heterocycles. The van der Waals surface area contributed by atoms with E-state index in [2.05, 4.69) is 10.0 Å². The van der Waals surface area contributed by atoms with Crippen molar-refractivity contribution in [3.8, 4) is 0 Å². The predicted molar refractivity (Wildman–Crippen MR) is 101 cm³/mol.